The lowest BCUT2D eigenvalue weighted by Gasteiger charge is -2.25. The summed E-state index contributed by atoms with van der Waals surface area (Å²) in [4.78, 5) is 74.6. The second-order valence-corrected chi connectivity index (χ2v) is 12.3. The van der Waals surface area contributed by atoms with Gasteiger partial charge >= 0.3 is 23.9 Å². The lowest BCUT2D eigenvalue weighted by molar-refractivity contribution is -0.167. The maximum atomic E-state index is 14.0. The van der Waals surface area contributed by atoms with Gasteiger partial charge in [-0.2, -0.15) is 0 Å². The highest BCUT2D eigenvalue weighted by Crippen LogP contribution is 2.53. The highest BCUT2D eigenvalue weighted by molar-refractivity contribution is 6.37. The maximum absolute atomic E-state index is 14.0. The van der Waals surface area contributed by atoms with E-state index in [0.29, 0.717) is 0 Å². The molecule has 1 fully saturated rings. The second-order valence-electron chi connectivity index (χ2n) is 12.3. The first-order chi connectivity index (χ1) is 24.6. The zero-order chi connectivity index (χ0) is 37.9. The third kappa shape index (κ3) is 8.07. The molecule has 1 aliphatic carbocycles. The molecule has 5 rings (SSSR count). The van der Waals surface area contributed by atoms with E-state index in [2.05, 4.69) is 0 Å². The summed E-state index contributed by atoms with van der Waals surface area (Å²) in [5, 5.41) is 69.7. The Hall–Kier alpha value is -6.58. The van der Waals surface area contributed by atoms with Crippen molar-refractivity contribution >= 4 is 41.5 Å². The summed E-state index contributed by atoms with van der Waals surface area (Å²) >= 11 is 0. The molecule has 16 nitrogen and oxygen atoms in total. The van der Waals surface area contributed by atoms with E-state index in [1.807, 2.05) is 0 Å². The molecule has 1 aliphatic heterocycles. The molecule has 5 unspecified atom stereocenters. The Balaban J connectivity index is 1.45. The van der Waals surface area contributed by atoms with Crippen molar-refractivity contribution in [3.8, 4) is 34.5 Å². The number of phenolic OH excluding ortho intramolecular Hbond substituents is 5. The van der Waals surface area contributed by atoms with Gasteiger partial charge in [-0.1, -0.05) is 18.2 Å². The van der Waals surface area contributed by atoms with Crippen LogP contribution in [0.4, 0.5) is 0 Å². The minimum absolute atomic E-state index is 0.0517. The number of fused-ring (bicyclic) bond motifs is 1. The molecule has 3 aromatic carbocycles. The van der Waals surface area contributed by atoms with Crippen molar-refractivity contribution in [2.45, 2.75) is 56.3 Å². The Labute approximate surface area is 293 Å². The molecular weight excluding hydrogens is 688 g/mol. The Kier molecular flexibility index (Phi) is 10.7. The van der Waals surface area contributed by atoms with Gasteiger partial charge in [0.05, 0.1) is 0 Å². The van der Waals surface area contributed by atoms with Gasteiger partial charge in [-0.15, -0.1) is 0 Å². The van der Waals surface area contributed by atoms with Crippen molar-refractivity contribution in [2.24, 2.45) is 5.92 Å². The van der Waals surface area contributed by atoms with Crippen LogP contribution in [-0.4, -0.2) is 83.4 Å². The highest BCUT2D eigenvalue weighted by Gasteiger charge is 2.46. The molecule has 2 aliphatic rings. The second kappa shape index (κ2) is 15.1. The fourth-order valence-corrected chi connectivity index (χ4v) is 6.06. The Morgan fingerprint density at radius 2 is 1.44 bits per heavy atom. The number of Topliss-reactive ketones (excluding diaryl/α,β-unsaturated/α-hetero) is 2. The average Bonchev–Trinajstić information content (AvgIpc) is 3.50. The number of carboxylic acids is 2. The molecular formula is C36H32O16. The van der Waals surface area contributed by atoms with Crippen LogP contribution in [0.3, 0.4) is 0 Å². The predicted molar refractivity (Wildman–Crippen MR) is 174 cm³/mol. The van der Waals surface area contributed by atoms with Gasteiger partial charge in [0.25, 0.3) is 0 Å². The maximum Gasteiger partial charge on any atom is 0.345 e. The van der Waals surface area contributed by atoms with Gasteiger partial charge in [0.1, 0.15) is 12.0 Å². The number of carbonyl (C=O) groups excluding carboxylic acids is 4. The van der Waals surface area contributed by atoms with Crippen LogP contribution in [0.15, 0.2) is 54.6 Å². The van der Waals surface area contributed by atoms with Crippen LogP contribution in [0.2, 0.25) is 0 Å². The molecule has 52 heavy (non-hydrogen) atoms. The van der Waals surface area contributed by atoms with Crippen molar-refractivity contribution in [2.75, 3.05) is 0 Å². The summed E-state index contributed by atoms with van der Waals surface area (Å²) in [6, 6.07) is 9.49. The summed E-state index contributed by atoms with van der Waals surface area (Å²) in [6.45, 7) is 0. The number of aromatic hydroxyl groups is 5. The van der Waals surface area contributed by atoms with E-state index < -0.39 is 94.3 Å². The highest BCUT2D eigenvalue weighted by atomic mass is 16.6. The molecule has 5 atom stereocenters. The molecule has 0 radical (unpaired) electrons. The summed E-state index contributed by atoms with van der Waals surface area (Å²) in [7, 11) is 0. The predicted octanol–water partition coefficient (Wildman–Crippen LogP) is 3.01. The number of carboxylic acid groups (broad SMARTS) is 2. The van der Waals surface area contributed by atoms with Crippen LogP contribution in [0.5, 0.6) is 34.5 Å². The molecule has 0 spiro atoms. The molecule has 0 saturated heterocycles. The van der Waals surface area contributed by atoms with E-state index in [1.54, 1.807) is 0 Å². The van der Waals surface area contributed by atoms with E-state index in [-0.39, 0.29) is 60.1 Å². The van der Waals surface area contributed by atoms with Crippen LogP contribution in [-0.2, 0) is 44.7 Å². The third-order valence-corrected chi connectivity index (χ3v) is 8.69. The first kappa shape index (κ1) is 36.7. The van der Waals surface area contributed by atoms with Gasteiger partial charge < -0.3 is 50.0 Å². The zero-order valence-corrected chi connectivity index (χ0v) is 27.0. The van der Waals surface area contributed by atoms with E-state index in [9.17, 15) is 64.5 Å². The van der Waals surface area contributed by atoms with Crippen LogP contribution < -0.4 is 4.74 Å². The van der Waals surface area contributed by atoms with Gasteiger partial charge in [0, 0.05) is 30.9 Å². The zero-order valence-electron chi connectivity index (χ0n) is 27.0. The molecule has 7 N–H and O–H groups in total. The van der Waals surface area contributed by atoms with Gasteiger partial charge in [0.2, 0.25) is 6.10 Å². The number of hydrogen-bond donors (Lipinski definition) is 7. The first-order valence-corrected chi connectivity index (χ1v) is 15.8. The molecule has 1 heterocycles. The fourth-order valence-electron chi connectivity index (χ4n) is 6.06. The minimum Gasteiger partial charge on any atom is -0.504 e. The topological polar surface area (TPSA) is 272 Å². The molecule has 0 bridgehead atoms. The monoisotopic (exact) mass is 720 g/mol. The third-order valence-electron chi connectivity index (χ3n) is 8.69. The fraction of sp³-hybridized carbons (Fsp3) is 0.278. The number of benzene rings is 3. The van der Waals surface area contributed by atoms with Crippen LogP contribution in [0.25, 0.3) is 6.08 Å². The summed E-state index contributed by atoms with van der Waals surface area (Å²) < 4.78 is 16.5. The Morgan fingerprint density at radius 3 is 2.08 bits per heavy atom. The molecule has 3 aromatic rings. The number of phenols is 5. The summed E-state index contributed by atoms with van der Waals surface area (Å²) in [5.74, 6) is -11.5. The van der Waals surface area contributed by atoms with Gasteiger partial charge in [-0.25, -0.2) is 14.4 Å². The number of carbonyl (C=O) groups is 6. The minimum atomic E-state index is -1.77. The normalized spacial score (nSPS) is 19.3. The van der Waals surface area contributed by atoms with E-state index in [1.165, 1.54) is 24.3 Å². The van der Waals surface area contributed by atoms with Crippen molar-refractivity contribution < 1.29 is 78.7 Å². The van der Waals surface area contributed by atoms with Crippen molar-refractivity contribution in [3.05, 3.63) is 76.9 Å². The Morgan fingerprint density at radius 1 is 0.788 bits per heavy atom. The first-order valence-electron chi connectivity index (χ1n) is 15.8. The average molecular weight is 721 g/mol. The lowest BCUT2D eigenvalue weighted by atomic mass is 9.83. The number of rotatable bonds is 12. The number of ketones is 2. The SMILES string of the molecule is O=C(C=Cc1ccc(O)c2c1C(C(=O)OC(CC1CCC(=O)C(=O)C1)C(=O)O)C(c1ccc(O)c(O)c1)O2)OC(Cc1ccc(O)c(O)c1)C(=O)O. The van der Waals surface area contributed by atoms with E-state index in [4.69, 9.17) is 14.2 Å². The number of esters is 2. The quantitative estimate of drug-likeness (QED) is 0.0613. The Bertz CT molecular complexity index is 1980. The van der Waals surface area contributed by atoms with Crippen molar-refractivity contribution in [3.63, 3.8) is 0 Å². The van der Waals surface area contributed by atoms with Crippen molar-refractivity contribution in [1.82, 2.24) is 0 Å². The molecule has 0 aromatic heterocycles. The standard InChI is InChI=1S/C36H32O16/c37-20-6-1-16(11-24(20)41)13-27(34(45)46)50-29(44)10-5-18-3-9-23(40)33-30(18)31(32(52-33)19-4-8-22(39)26(43)15-19)36(49)51-28(35(47)48)14-17-2-7-21(38)25(42)12-17/h1,3-6,8-11,15,17,27-28,31-32,37,39-41,43H,2,7,12-14H2,(H,45,46)(H,47,48). The van der Waals surface area contributed by atoms with E-state index in [0.717, 1.165) is 36.4 Å². The van der Waals surface area contributed by atoms with Crippen LogP contribution >= 0.6 is 0 Å². The van der Waals surface area contributed by atoms with Crippen LogP contribution in [0, 0.1) is 5.92 Å². The summed E-state index contributed by atoms with van der Waals surface area (Å²) in [6.07, 6.45) is -3.69. The lowest BCUT2D eigenvalue weighted by Crippen LogP contribution is -2.35. The van der Waals surface area contributed by atoms with Gasteiger partial charge in [-0.3, -0.25) is 14.4 Å². The molecule has 272 valence electrons. The number of hydrogen-bond acceptors (Lipinski definition) is 14. The number of ether oxygens (including phenoxy) is 3. The molecule has 16 heteroatoms. The summed E-state index contributed by atoms with van der Waals surface area (Å²) in [5.41, 5.74) is 0.290. The van der Waals surface area contributed by atoms with E-state index >= 15 is 0 Å². The molecule has 1 saturated carbocycles. The number of aliphatic carboxylic acids is 2. The smallest absolute Gasteiger partial charge is 0.345 e. The largest absolute Gasteiger partial charge is 0.504 e. The molecule has 0 amide bonds. The van der Waals surface area contributed by atoms with Gasteiger partial charge in [-0.05, 0) is 71.9 Å². The van der Waals surface area contributed by atoms with Crippen molar-refractivity contribution in [1.29, 1.82) is 0 Å². The van der Waals surface area contributed by atoms with Crippen LogP contribution in [0.1, 0.15) is 60.0 Å². The van der Waals surface area contributed by atoms with Gasteiger partial charge in [0.15, 0.2) is 52.2 Å².